The number of hydrogen-bond donors (Lipinski definition) is 2. The molecule has 0 aromatic carbocycles. The molecule has 2 aromatic rings. The zero-order valence-corrected chi connectivity index (χ0v) is 9.54. The van der Waals surface area contributed by atoms with Gasteiger partial charge in [-0.1, -0.05) is 5.16 Å². The maximum Gasteiger partial charge on any atom is 0.337 e. The average molecular weight is 248 g/mol. The van der Waals surface area contributed by atoms with Gasteiger partial charge in [-0.2, -0.15) is 4.98 Å². The van der Waals surface area contributed by atoms with Gasteiger partial charge in [0.05, 0.1) is 11.3 Å². The smallest absolute Gasteiger partial charge is 0.337 e. The van der Waals surface area contributed by atoms with E-state index in [0.717, 1.165) is 5.69 Å². The predicted octanol–water partition coefficient (Wildman–Crippen LogP) is 0.495. The van der Waals surface area contributed by atoms with E-state index in [9.17, 15) is 4.79 Å². The van der Waals surface area contributed by atoms with Crippen molar-refractivity contribution in [3.63, 3.8) is 0 Å². The minimum Gasteiger partial charge on any atom is -0.478 e. The van der Waals surface area contributed by atoms with E-state index in [0.29, 0.717) is 25.3 Å². The normalized spacial score (nSPS) is 10.4. The molecule has 0 aliphatic carbocycles. The molecule has 0 aliphatic rings. The van der Waals surface area contributed by atoms with Crippen LogP contribution in [0, 0.1) is 0 Å². The predicted molar refractivity (Wildman–Crippen MR) is 60.9 cm³/mol. The van der Waals surface area contributed by atoms with Gasteiger partial charge in [0.1, 0.15) is 0 Å². The van der Waals surface area contributed by atoms with Gasteiger partial charge in [0.25, 0.3) is 0 Å². The van der Waals surface area contributed by atoms with Crippen molar-refractivity contribution in [3.8, 4) is 0 Å². The van der Waals surface area contributed by atoms with Crippen molar-refractivity contribution in [2.24, 2.45) is 0 Å². The van der Waals surface area contributed by atoms with Crippen molar-refractivity contribution in [2.75, 3.05) is 6.54 Å². The second kappa shape index (κ2) is 5.87. The maximum atomic E-state index is 10.6. The molecule has 7 heteroatoms. The highest BCUT2D eigenvalue weighted by molar-refractivity contribution is 5.87. The summed E-state index contributed by atoms with van der Waals surface area (Å²) in [5.41, 5.74) is 0.971. The molecule has 0 unspecified atom stereocenters. The van der Waals surface area contributed by atoms with Gasteiger partial charge in [0.15, 0.2) is 5.82 Å². The molecule has 0 fully saturated rings. The fourth-order valence-corrected chi connectivity index (χ4v) is 1.37. The summed E-state index contributed by atoms with van der Waals surface area (Å²) >= 11 is 0. The molecule has 2 rings (SSSR count). The van der Waals surface area contributed by atoms with Crippen LogP contribution in [0.4, 0.5) is 0 Å². The number of aromatic carboxylic acids is 1. The van der Waals surface area contributed by atoms with E-state index in [1.165, 1.54) is 18.7 Å². The number of nitrogens with zero attached hydrogens (tertiary/aromatic N) is 3. The highest BCUT2D eigenvalue weighted by Gasteiger charge is 2.03. The highest BCUT2D eigenvalue weighted by Crippen LogP contribution is 2.00. The van der Waals surface area contributed by atoms with Crippen molar-refractivity contribution in [1.29, 1.82) is 0 Å². The Kier molecular flexibility index (Phi) is 3.98. The highest BCUT2D eigenvalue weighted by atomic mass is 16.5. The summed E-state index contributed by atoms with van der Waals surface area (Å²) in [5, 5.41) is 15.6. The molecule has 0 atom stereocenters. The summed E-state index contributed by atoms with van der Waals surface area (Å²) in [6, 6.07) is 3.22. The molecule has 0 saturated heterocycles. The van der Waals surface area contributed by atoms with Crippen molar-refractivity contribution >= 4 is 5.97 Å². The van der Waals surface area contributed by atoms with E-state index in [1.807, 2.05) is 0 Å². The molecule has 94 valence electrons. The second-order valence-electron chi connectivity index (χ2n) is 3.62. The number of carbonyl (C=O) groups is 1. The molecule has 7 nitrogen and oxygen atoms in total. The van der Waals surface area contributed by atoms with Crippen molar-refractivity contribution in [2.45, 2.75) is 13.0 Å². The average Bonchev–Trinajstić information content (AvgIpc) is 2.88. The third-order valence-electron chi connectivity index (χ3n) is 2.31. The van der Waals surface area contributed by atoms with Crippen LogP contribution in [0.25, 0.3) is 0 Å². The molecule has 18 heavy (non-hydrogen) atoms. The Morgan fingerprint density at radius 2 is 2.28 bits per heavy atom. The molecule has 0 aliphatic heterocycles. The molecule has 2 aromatic heterocycles. The lowest BCUT2D eigenvalue weighted by molar-refractivity contribution is 0.0696. The molecule has 0 bridgehead atoms. The summed E-state index contributed by atoms with van der Waals surface area (Å²) in [5.74, 6) is -0.323. The minimum atomic E-state index is -0.973. The third kappa shape index (κ3) is 3.36. The Morgan fingerprint density at radius 3 is 2.89 bits per heavy atom. The molecule has 0 radical (unpaired) electrons. The van der Waals surface area contributed by atoms with Crippen LogP contribution >= 0.6 is 0 Å². The van der Waals surface area contributed by atoms with Crippen LogP contribution in [0.5, 0.6) is 0 Å². The maximum absolute atomic E-state index is 10.6. The topological polar surface area (TPSA) is 101 Å². The van der Waals surface area contributed by atoms with E-state index in [1.54, 1.807) is 6.07 Å². The van der Waals surface area contributed by atoms with Gasteiger partial charge < -0.3 is 14.9 Å². The van der Waals surface area contributed by atoms with Crippen LogP contribution in [-0.2, 0) is 13.0 Å². The Hall–Kier alpha value is -2.28. The van der Waals surface area contributed by atoms with E-state index in [-0.39, 0.29) is 5.56 Å². The fraction of sp³-hybridized carbons (Fsp3) is 0.273. The number of nitrogens with one attached hydrogen (secondary N) is 1. The fourth-order valence-electron chi connectivity index (χ4n) is 1.37. The largest absolute Gasteiger partial charge is 0.478 e. The Labute approximate surface area is 103 Å². The van der Waals surface area contributed by atoms with Gasteiger partial charge in [0.2, 0.25) is 6.39 Å². The molecular formula is C11H12N4O3. The number of pyridine rings is 1. The van der Waals surface area contributed by atoms with E-state index in [2.05, 4.69) is 25.0 Å². The van der Waals surface area contributed by atoms with Gasteiger partial charge >= 0.3 is 5.97 Å². The summed E-state index contributed by atoms with van der Waals surface area (Å²) in [7, 11) is 0. The lowest BCUT2D eigenvalue weighted by Crippen LogP contribution is -2.18. The number of carboxylic acid groups (broad SMARTS) is 1. The zero-order valence-electron chi connectivity index (χ0n) is 9.54. The van der Waals surface area contributed by atoms with Crippen LogP contribution in [0.1, 0.15) is 21.9 Å². The van der Waals surface area contributed by atoms with Gasteiger partial charge in [-0.3, -0.25) is 4.98 Å². The summed E-state index contributed by atoms with van der Waals surface area (Å²) in [6.45, 7) is 1.26. The van der Waals surface area contributed by atoms with Crippen molar-refractivity contribution in [1.82, 2.24) is 20.4 Å². The van der Waals surface area contributed by atoms with Gasteiger partial charge in [-0.25, -0.2) is 4.79 Å². The number of aromatic nitrogens is 3. The SMILES string of the molecule is O=C(O)c1ccc(CNCCc2ncon2)nc1. The quantitative estimate of drug-likeness (QED) is 0.717. The monoisotopic (exact) mass is 248 g/mol. The minimum absolute atomic E-state index is 0.186. The van der Waals surface area contributed by atoms with E-state index in [4.69, 9.17) is 5.11 Å². The van der Waals surface area contributed by atoms with Gasteiger partial charge in [-0.15, -0.1) is 0 Å². The van der Waals surface area contributed by atoms with Crippen LogP contribution in [-0.4, -0.2) is 32.7 Å². The summed E-state index contributed by atoms with van der Waals surface area (Å²) in [4.78, 5) is 18.6. The standard InChI is InChI=1S/C11H12N4O3/c16-11(17)8-1-2-9(13-5-8)6-12-4-3-10-14-7-18-15-10/h1-2,5,7,12H,3-4,6H2,(H,16,17). The van der Waals surface area contributed by atoms with Crippen LogP contribution in [0.2, 0.25) is 0 Å². The number of carboxylic acids is 1. The molecule has 2 N–H and O–H groups in total. The Bertz CT molecular complexity index is 496. The third-order valence-corrected chi connectivity index (χ3v) is 2.31. The first-order valence-electron chi connectivity index (χ1n) is 5.40. The number of hydrogen-bond acceptors (Lipinski definition) is 6. The second-order valence-corrected chi connectivity index (χ2v) is 3.62. The van der Waals surface area contributed by atoms with Crippen molar-refractivity contribution in [3.05, 3.63) is 41.8 Å². The number of rotatable bonds is 6. The van der Waals surface area contributed by atoms with Crippen LogP contribution in [0.15, 0.2) is 29.2 Å². The summed E-state index contributed by atoms with van der Waals surface area (Å²) < 4.78 is 4.61. The molecule has 0 spiro atoms. The lowest BCUT2D eigenvalue weighted by Gasteiger charge is -2.02. The molecule has 0 saturated carbocycles. The van der Waals surface area contributed by atoms with Crippen LogP contribution < -0.4 is 5.32 Å². The first-order chi connectivity index (χ1) is 8.75. The first kappa shape index (κ1) is 12.2. The first-order valence-corrected chi connectivity index (χ1v) is 5.40. The van der Waals surface area contributed by atoms with Crippen molar-refractivity contribution < 1.29 is 14.4 Å². The van der Waals surface area contributed by atoms with Gasteiger partial charge in [-0.05, 0) is 12.1 Å². The van der Waals surface area contributed by atoms with Gasteiger partial charge in [0, 0.05) is 25.7 Å². The molecule has 0 amide bonds. The lowest BCUT2D eigenvalue weighted by atomic mass is 10.2. The zero-order chi connectivity index (χ0) is 12.8. The summed E-state index contributed by atoms with van der Waals surface area (Å²) in [6.07, 6.45) is 3.31. The Morgan fingerprint density at radius 1 is 1.39 bits per heavy atom. The Balaban J connectivity index is 1.75. The van der Waals surface area contributed by atoms with E-state index >= 15 is 0 Å². The van der Waals surface area contributed by atoms with Crippen LogP contribution in [0.3, 0.4) is 0 Å². The molecular weight excluding hydrogens is 236 g/mol. The molecule has 2 heterocycles. The van der Waals surface area contributed by atoms with E-state index < -0.39 is 5.97 Å².